The number of aromatic nitrogens is 1. The molecule has 0 saturated carbocycles. The first-order valence-corrected chi connectivity index (χ1v) is 7.57. The van der Waals surface area contributed by atoms with Gasteiger partial charge in [0.2, 0.25) is 0 Å². The number of carbonyl (C=O) groups excluding carboxylic acids is 1. The summed E-state index contributed by atoms with van der Waals surface area (Å²) in [6.45, 7) is 1.83. The van der Waals surface area contributed by atoms with E-state index in [0.29, 0.717) is 11.3 Å². The van der Waals surface area contributed by atoms with Crippen LogP contribution in [0, 0.1) is 6.92 Å². The van der Waals surface area contributed by atoms with Crippen LogP contribution in [0.4, 0.5) is 5.13 Å². The summed E-state index contributed by atoms with van der Waals surface area (Å²) in [5, 5.41) is 2.79. The molecule has 1 heterocycles. The Morgan fingerprint density at radius 3 is 2.75 bits per heavy atom. The van der Waals surface area contributed by atoms with Gasteiger partial charge in [0.25, 0.3) is 5.91 Å². The van der Waals surface area contributed by atoms with Crippen molar-refractivity contribution in [2.45, 2.75) is 11.1 Å². The highest BCUT2D eigenvalue weighted by Gasteiger charge is 2.15. The van der Waals surface area contributed by atoms with Gasteiger partial charge in [-0.15, -0.1) is 0 Å². The van der Waals surface area contributed by atoms with Crippen LogP contribution in [0.2, 0.25) is 0 Å². The Morgan fingerprint density at radius 2 is 2.15 bits per heavy atom. The van der Waals surface area contributed by atoms with E-state index in [0.717, 1.165) is 16.9 Å². The highest BCUT2D eigenvalue weighted by Crippen LogP contribution is 2.25. The van der Waals surface area contributed by atoms with Crippen LogP contribution in [0.5, 0.6) is 5.75 Å². The molecular formula is C12H12N2O4S2. The zero-order chi connectivity index (χ0) is 14.7. The summed E-state index contributed by atoms with van der Waals surface area (Å²) < 4.78 is 26.9. The van der Waals surface area contributed by atoms with Crippen LogP contribution in [-0.2, 0) is 10.7 Å². The van der Waals surface area contributed by atoms with Crippen molar-refractivity contribution in [1.82, 2.24) is 4.98 Å². The van der Waals surface area contributed by atoms with E-state index in [2.05, 4.69) is 10.3 Å². The molecule has 1 aromatic carbocycles. The van der Waals surface area contributed by atoms with Crippen LogP contribution >= 0.6 is 11.3 Å². The van der Waals surface area contributed by atoms with Crippen LogP contribution < -0.4 is 10.1 Å². The minimum absolute atomic E-state index is 0.103. The van der Waals surface area contributed by atoms with Gasteiger partial charge >= 0.3 is 0 Å². The van der Waals surface area contributed by atoms with Crippen molar-refractivity contribution in [2.24, 2.45) is 0 Å². The molecule has 0 radical (unpaired) electrons. The van der Waals surface area contributed by atoms with E-state index in [-0.39, 0.29) is 9.34 Å². The molecule has 0 spiro atoms. The molecule has 0 saturated heterocycles. The minimum Gasteiger partial charge on any atom is -0.496 e. The van der Waals surface area contributed by atoms with E-state index in [1.54, 1.807) is 12.1 Å². The predicted molar refractivity (Wildman–Crippen MR) is 76.4 cm³/mol. The lowest BCUT2D eigenvalue weighted by Gasteiger charge is -2.10. The largest absolute Gasteiger partial charge is 0.496 e. The Hall–Kier alpha value is -1.93. The fraction of sp³-hybridized carbons (Fsp3) is 0.167. The number of thiazole rings is 1. The standard InChI is InChI=1S/C12H12N2O4S2/c1-7-4-3-5-8(10(7)18-2)11(15)14-12-13-6-9(19-12)20(16)17/h3-6,20H,1-2H3,(H,13,14,15). The lowest BCUT2D eigenvalue weighted by Crippen LogP contribution is -2.13. The van der Waals surface area contributed by atoms with Gasteiger partial charge < -0.3 is 4.74 Å². The summed E-state index contributed by atoms with van der Waals surface area (Å²) in [4.78, 5) is 16.0. The molecule has 0 aliphatic heterocycles. The van der Waals surface area contributed by atoms with Gasteiger partial charge in [0.15, 0.2) is 15.8 Å². The molecule has 2 aromatic rings. The van der Waals surface area contributed by atoms with Crippen molar-refractivity contribution in [3.8, 4) is 5.75 Å². The minimum atomic E-state index is -2.69. The number of nitrogens with one attached hydrogen (secondary N) is 1. The Bertz CT molecular complexity index is 714. The average molecular weight is 312 g/mol. The lowest BCUT2D eigenvalue weighted by atomic mass is 10.1. The van der Waals surface area contributed by atoms with Crippen molar-refractivity contribution in [2.75, 3.05) is 12.4 Å². The van der Waals surface area contributed by atoms with Gasteiger partial charge in [-0.3, -0.25) is 10.1 Å². The van der Waals surface area contributed by atoms with Gasteiger partial charge in [-0.25, -0.2) is 13.4 Å². The van der Waals surface area contributed by atoms with Crippen LogP contribution in [0.3, 0.4) is 0 Å². The molecule has 1 N–H and O–H groups in total. The molecule has 6 nitrogen and oxygen atoms in total. The maximum absolute atomic E-state index is 12.1. The predicted octanol–water partition coefficient (Wildman–Crippen LogP) is 1.68. The Balaban J connectivity index is 2.26. The lowest BCUT2D eigenvalue weighted by molar-refractivity contribution is 0.102. The van der Waals surface area contributed by atoms with Gasteiger partial charge in [0.1, 0.15) is 9.96 Å². The molecule has 20 heavy (non-hydrogen) atoms. The summed E-state index contributed by atoms with van der Waals surface area (Å²) in [6.07, 6.45) is 1.21. The second-order valence-electron chi connectivity index (χ2n) is 3.87. The van der Waals surface area contributed by atoms with Gasteiger partial charge in [-0.2, -0.15) is 0 Å². The van der Waals surface area contributed by atoms with Gasteiger partial charge in [-0.1, -0.05) is 23.5 Å². The van der Waals surface area contributed by atoms with Gasteiger partial charge in [0.05, 0.1) is 18.9 Å². The SMILES string of the molecule is COc1c(C)cccc1C(=O)Nc1ncc([SH](=O)=O)s1. The maximum Gasteiger partial charge on any atom is 0.261 e. The van der Waals surface area contributed by atoms with Gasteiger partial charge in [0, 0.05) is 0 Å². The molecule has 1 amide bonds. The van der Waals surface area contributed by atoms with E-state index in [4.69, 9.17) is 4.74 Å². The number of thiol groups is 1. The number of anilines is 1. The number of nitrogens with zero attached hydrogens (tertiary/aromatic N) is 1. The number of benzene rings is 1. The number of amides is 1. The Morgan fingerprint density at radius 1 is 1.40 bits per heavy atom. The normalized spacial score (nSPS) is 10.6. The van der Waals surface area contributed by atoms with Crippen LogP contribution in [0.25, 0.3) is 0 Å². The topological polar surface area (TPSA) is 85.4 Å². The monoisotopic (exact) mass is 312 g/mol. The van der Waals surface area contributed by atoms with Crippen molar-refractivity contribution < 1.29 is 17.9 Å². The quantitative estimate of drug-likeness (QED) is 0.839. The van der Waals surface area contributed by atoms with E-state index in [1.807, 2.05) is 13.0 Å². The molecule has 106 valence electrons. The molecule has 0 fully saturated rings. The highest BCUT2D eigenvalue weighted by atomic mass is 32.2. The number of rotatable bonds is 4. The number of ether oxygens (including phenoxy) is 1. The highest BCUT2D eigenvalue weighted by molar-refractivity contribution is 7.75. The van der Waals surface area contributed by atoms with Crippen molar-refractivity contribution in [1.29, 1.82) is 0 Å². The second kappa shape index (κ2) is 6.02. The molecule has 2 rings (SSSR count). The van der Waals surface area contributed by atoms with Crippen molar-refractivity contribution >= 4 is 33.1 Å². The smallest absolute Gasteiger partial charge is 0.261 e. The molecule has 0 unspecified atom stereocenters. The third-order valence-corrected chi connectivity index (χ3v) is 4.47. The van der Waals surface area contributed by atoms with E-state index >= 15 is 0 Å². The molecular weight excluding hydrogens is 300 g/mol. The Kier molecular flexibility index (Phi) is 4.35. The first-order valence-electron chi connectivity index (χ1n) is 5.58. The fourth-order valence-electron chi connectivity index (χ4n) is 1.67. The number of aryl methyl sites for hydroxylation is 1. The van der Waals surface area contributed by atoms with E-state index in [9.17, 15) is 13.2 Å². The van der Waals surface area contributed by atoms with Crippen molar-refractivity contribution in [3.05, 3.63) is 35.5 Å². The van der Waals surface area contributed by atoms with Gasteiger partial charge in [-0.05, 0) is 18.6 Å². The summed E-state index contributed by atoms with van der Waals surface area (Å²) in [7, 11) is -1.20. The fourth-order valence-corrected chi connectivity index (χ4v) is 2.94. The zero-order valence-electron chi connectivity index (χ0n) is 10.7. The number of hydrogen-bond donors (Lipinski definition) is 2. The molecule has 0 aliphatic carbocycles. The second-order valence-corrected chi connectivity index (χ2v) is 6.20. The molecule has 0 atom stereocenters. The number of carbonyl (C=O) groups is 1. The first kappa shape index (κ1) is 14.5. The summed E-state index contributed by atoms with van der Waals surface area (Å²) in [5.41, 5.74) is 1.21. The molecule has 0 bridgehead atoms. The zero-order valence-corrected chi connectivity index (χ0v) is 12.5. The average Bonchev–Trinajstić information content (AvgIpc) is 2.87. The van der Waals surface area contributed by atoms with Crippen LogP contribution in [0.15, 0.2) is 28.6 Å². The van der Waals surface area contributed by atoms with Crippen molar-refractivity contribution in [3.63, 3.8) is 0 Å². The summed E-state index contributed by atoms with van der Waals surface area (Å²) >= 11 is 0.902. The van der Waals surface area contributed by atoms with Crippen LogP contribution in [0.1, 0.15) is 15.9 Å². The number of methoxy groups -OCH3 is 1. The van der Waals surface area contributed by atoms with E-state index < -0.39 is 16.6 Å². The van der Waals surface area contributed by atoms with Crippen LogP contribution in [-0.4, -0.2) is 26.4 Å². The summed E-state index contributed by atoms with van der Waals surface area (Å²) in [5.74, 6) is 0.0873. The third kappa shape index (κ3) is 2.97. The number of para-hydroxylation sites is 1. The Labute approximate surface area is 121 Å². The third-order valence-electron chi connectivity index (χ3n) is 2.55. The molecule has 8 heteroatoms. The van der Waals surface area contributed by atoms with E-state index in [1.165, 1.54) is 13.3 Å². The maximum atomic E-state index is 12.1. The summed E-state index contributed by atoms with van der Waals surface area (Å²) in [6, 6.07) is 5.21. The molecule has 1 aromatic heterocycles. The first-order chi connectivity index (χ1) is 9.52. The molecule has 0 aliphatic rings. The number of hydrogen-bond acceptors (Lipinski definition) is 6.